The van der Waals surface area contributed by atoms with Crippen LogP contribution in [0.3, 0.4) is 0 Å². The van der Waals surface area contributed by atoms with Crippen LogP contribution < -0.4 is 5.32 Å². The van der Waals surface area contributed by atoms with Gasteiger partial charge in [0.2, 0.25) is 0 Å². The zero-order chi connectivity index (χ0) is 9.35. The van der Waals surface area contributed by atoms with Crippen molar-refractivity contribution in [3.05, 3.63) is 0 Å². The van der Waals surface area contributed by atoms with E-state index in [2.05, 4.69) is 12.2 Å². The van der Waals surface area contributed by atoms with Crippen LogP contribution in [0.5, 0.6) is 0 Å². The van der Waals surface area contributed by atoms with Gasteiger partial charge in [0.05, 0.1) is 0 Å². The van der Waals surface area contributed by atoms with Crippen molar-refractivity contribution >= 4 is 0 Å². The summed E-state index contributed by atoms with van der Waals surface area (Å²) in [6.07, 6.45) is -2.35. The topological polar surface area (TPSA) is 12.0 Å². The van der Waals surface area contributed by atoms with Crippen molar-refractivity contribution < 1.29 is 13.2 Å². The second-order valence-corrected chi connectivity index (χ2v) is 3.70. The van der Waals surface area contributed by atoms with E-state index in [1.807, 2.05) is 0 Å². The van der Waals surface area contributed by atoms with Crippen LogP contribution in [-0.2, 0) is 0 Å². The minimum absolute atomic E-state index is 0.0802. The Hall–Kier alpha value is -0.250. The minimum Gasteiger partial charge on any atom is -0.304 e. The highest BCUT2D eigenvalue weighted by Crippen LogP contribution is 2.29. The summed E-state index contributed by atoms with van der Waals surface area (Å²) < 4.78 is 36.0. The number of alkyl halides is 3. The Kier molecular flexibility index (Phi) is 2.66. The summed E-state index contributed by atoms with van der Waals surface area (Å²) >= 11 is 0. The van der Waals surface area contributed by atoms with E-state index in [0.29, 0.717) is 5.92 Å². The Morgan fingerprint density at radius 2 is 1.83 bits per heavy atom. The van der Waals surface area contributed by atoms with Gasteiger partial charge in [0.1, 0.15) is 6.04 Å². The predicted molar refractivity (Wildman–Crippen MR) is 40.8 cm³/mol. The monoisotopic (exact) mass is 181 g/mol. The first-order valence-electron chi connectivity index (χ1n) is 4.22. The molecule has 1 atom stereocenters. The number of halogens is 3. The van der Waals surface area contributed by atoms with Crippen molar-refractivity contribution in [2.45, 2.75) is 44.9 Å². The molecule has 0 saturated heterocycles. The van der Waals surface area contributed by atoms with Crippen LogP contribution in [0, 0.1) is 5.92 Å². The zero-order valence-corrected chi connectivity index (χ0v) is 7.28. The van der Waals surface area contributed by atoms with Crippen LogP contribution in [0.4, 0.5) is 13.2 Å². The molecule has 0 aromatic heterocycles. The van der Waals surface area contributed by atoms with Gasteiger partial charge in [-0.25, -0.2) is 0 Å². The van der Waals surface area contributed by atoms with Gasteiger partial charge in [0.25, 0.3) is 0 Å². The van der Waals surface area contributed by atoms with Crippen LogP contribution in [0.15, 0.2) is 0 Å². The number of nitrogens with one attached hydrogen (secondary N) is 1. The normalized spacial score (nSPS) is 32.8. The average Bonchev–Trinajstić information content (AvgIpc) is 1.82. The predicted octanol–water partition coefficient (Wildman–Crippen LogP) is 2.33. The van der Waals surface area contributed by atoms with E-state index >= 15 is 0 Å². The van der Waals surface area contributed by atoms with Gasteiger partial charge in [0, 0.05) is 6.04 Å². The first kappa shape index (κ1) is 9.84. The molecule has 0 radical (unpaired) electrons. The third-order valence-electron chi connectivity index (χ3n) is 2.35. The highest BCUT2D eigenvalue weighted by Gasteiger charge is 2.38. The van der Waals surface area contributed by atoms with Crippen LogP contribution >= 0.6 is 0 Å². The molecule has 0 spiro atoms. The van der Waals surface area contributed by atoms with Crippen molar-refractivity contribution in [3.8, 4) is 0 Å². The molecule has 12 heavy (non-hydrogen) atoms. The molecule has 1 aliphatic carbocycles. The van der Waals surface area contributed by atoms with Gasteiger partial charge in [-0.1, -0.05) is 6.92 Å². The maximum absolute atomic E-state index is 12.0. The van der Waals surface area contributed by atoms with E-state index in [9.17, 15) is 13.2 Å². The lowest BCUT2D eigenvalue weighted by atomic mass is 9.81. The summed E-state index contributed by atoms with van der Waals surface area (Å²) in [6.45, 7) is 3.22. The van der Waals surface area contributed by atoms with Gasteiger partial charge in [0.15, 0.2) is 0 Å². The maximum atomic E-state index is 12.0. The SMILES string of the molecule is CC1CC(NC(C)C(F)(F)F)C1. The molecule has 0 aromatic carbocycles. The summed E-state index contributed by atoms with van der Waals surface area (Å²) in [6, 6.07) is -1.29. The summed E-state index contributed by atoms with van der Waals surface area (Å²) in [4.78, 5) is 0. The van der Waals surface area contributed by atoms with Gasteiger partial charge >= 0.3 is 6.18 Å². The lowest BCUT2D eigenvalue weighted by molar-refractivity contribution is -0.155. The number of hydrogen-bond donors (Lipinski definition) is 1. The maximum Gasteiger partial charge on any atom is 0.403 e. The van der Waals surface area contributed by atoms with Crippen molar-refractivity contribution in [2.24, 2.45) is 5.92 Å². The molecule has 1 aliphatic rings. The van der Waals surface area contributed by atoms with Crippen molar-refractivity contribution in [1.29, 1.82) is 0 Å². The lowest BCUT2D eigenvalue weighted by Gasteiger charge is -2.36. The molecular formula is C8H14F3N. The second kappa shape index (κ2) is 3.24. The summed E-state index contributed by atoms with van der Waals surface area (Å²) in [5, 5.41) is 2.56. The summed E-state index contributed by atoms with van der Waals surface area (Å²) in [7, 11) is 0. The van der Waals surface area contributed by atoms with Crippen LogP contribution in [0.1, 0.15) is 26.7 Å². The van der Waals surface area contributed by atoms with Crippen LogP contribution in [-0.4, -0.2) is 18.3 Å². The third kappa shape index (κ3) is 2.37. The highest BCUT2D eigenvalue weighted by molar-refractivity contribution is 4.85. The van der Waals surface area contributed by atoms with E-state index in [1.165, 1.54) is 6.92 Å². The van der Waals surface area contributed by atoms with Crippen molar-refractivity contribution in [2.75, 3.05) is 0 Å². The Bertz CT molecular complexity index is 149. The number of rotatable bonds is 2. The van der Waals surface area contributed by atoms with Gasteiger partial charge in [-0.2, -0.15) is 13.2 Å². The Balaban J connectivity index is 2.23. The van der Waals surface area contributed by atoms with E-state index in [4.69, 9.17) is 0 Å². The molecule has 0 heterocycles. The zero-order valence-electron chi connectivity index (χ0n) is 7.28. The molecule has 1 fully saturated rings. The molecule has 0 aliphatic heterocycles. The Morgan fingerprint density at radius 1 is 1.33 bits per heavy atom. The Morgan fingerprint density at radius 3 is 2.17 bits per heavy atom. The van der Waals surface area contributed by atoms with E-state index in [1.54, 1.807) is 0 Å². The standard InChI is InChI=1S/C8H14F3N/c1-5-3-7(4-5)12-6(2)8(9,10)11/h5-7,12H,3-4H2,1-2H3. The quantitative estimate of drug-likeness (QED) is 0.689. The molecule has 1 rings (SSSR count). The third-order valence-corrected chi connectivity index (χ3v) is 2.35. The largest absolute Gasteiger partial charge is 0.403 e. The van der Waals surface area contributed by atoms with E-state index in [0.717, 1.165) is 12.8 Å². The molecule has 1 N–H and O–H groups in total. The second-order valence-electron chi connectivity index (χ2n) is 3.70. The molecule has 4 heteroatoms. The van der Waals surface area contributed by atoms with Gasteiger partial charge in [-0.15, -0.1) is 0 Å². The molecule has 0 amide bonds. The molecule has 0 bridgehead atoms. The Labute approximate surface area is 70.3 Å². The fraction of sp³-hybridized carbons (Fsp3) is 1.00. The highest BCUT2D eigenvalue weighted by atomic mass is 19.4. The van der Waals surface area contributed by atoms with Gasteiger partial charge in [-0.05, 0) is 25.7 Å². The molecule has 72 valence electrons. The molecular weight excluding hydrogens is 167 g/mol. The van der Waals surface area contributed by atoms with Gasteiger partial charge < -0.3 is 5.32 Å². The first-order valence-corrected chi connectivity index (χ1v) is 4.22. The molecule has 1 saturated carbocycles. The van der Waals surface area contributed by atoms with Gasteiger partial charge in [-0.3, -0.25) is 0 Å². The fourth-order valence-corrected chi connectivity index (χ4v) is 1.49. The minimum atomic E-state index is -4.10. The van der Waals surface area contributed by atoms with Crippen molar-refractivity contribution in [3.63, 3.8) is 0 Å². The van der Waals surface area contributed by atoms with E-state index in [-0.39, 0.29) is 6.04 Å². The van der Waals surface area contributed by atoms with Crippen LogP contribution in [0.2, 0.25) is 0 Å². The van der Waals surface area contributed by atoms with E-state index < -0.39 is 12.2 Å². The lowest BCUT2D eigenvalue weighted by Crippen LogP contribution is -2.50. The smallest absolute Gasteiger partial charge is 0.304 e. The summed E-state index contributed by atoms with van der Waals surface area (Å²) in [5.41, 5.74) is 0. The molecule has 1 unspecified atom stereocenters. The summed E-state index contributed by atoms with van der Waals surface area (Å²) in [5.74, 6) is 0.586. The average molecular weight is 181 g/mol. The van der Waals surface area contributed by atoms with Crippen LogP contribution in [0.25, 0.3) is 0 Å². The molecule has 1 nitrogen and oxygen atoms in total. The van der Waals surface area contributed by atoms with Crippen molar-refractivity contribution in [1.82, 2.24) is 5.32 Å². The number of hydrogen-bond acceptors (Lipinski definition) is 1. The fourth-order valence-electron chi connectivity index (χ4n) is 1.49. The molecule has 0 aromatic rings. The first-order chi connectivity index (χ1) is 5.39.